The van der Waals surface area contributed by atoms with Crippen LogP contribution in [0.4, 0.5) is 0 Å². The molecule has 36 heavy (non-hydrogen) atoms. The number of Topliss-reactive ketones (excluding diaryl/α,β-unsaturated/α-hetero) is 2. The summed E-state index contributed by atoms with van der Waals surface area (Å²) >= 11 is 0. The molecule has 3 aliphatic rings. The van der Waals surface area contributed by atoms with Gasteiger partial charge in [-0.15, -0.1) is 0 Å². The number of ketones is 2. The molecule has 0 radical (unpaired) electrons. The lowest BCUT2D eigenvalue weighted by Crippen LogP contribution is -2.45. The fraction of sp³-hybridized carbons (Fsp3) is 0.444. The molecule has 0 bridgehead atoms. The zero-order valence-corrected chi connectivity index (χ0v) is 20.7. The second-order valence-corrected chi connectivity index (χ2v) is 9.20. The van der Waals surface area contributed by atoms with Crippen LogP contribution in [0.25, 0.3) is 0 Å². The normalized spacial score (nSPS) is 22.0. The standard InChI is InChI=1S/C27H31NO8/c1-4-6-7-8-9-11-21(29)23-19-13-16-12-17(10-5-2)28(20(25(33)34)14-22(30)31)15-18(16)24(32)27(19,3)36-26(23)35/h5,10,12-13,15,20H,4,6-9,11,14H2,1-3H3,(H,30,31)(H,33,34)/b10-5+/t20-,27+/m0/s1. The van der Waals surface area contributed by atoms with Gasteiger partial charge in [0, 0.05) is 29.5 Å². The number of esters is 1. The zero-order valence-electron chi connectivity index (χ0n) is 20.7. The highest BCUT2D eigenvalue weighted by Gasteiger charge is 2.54. The van der Waals surface area contributed by atoms with Crippen molar-refractivity contribution in [3.05, 3.63) is 58.5 Å². The SMILES string of the molecule is C/C=C/C1=CC2=CC3=C(C(=O)CCCCCCC)C(=O)O[C@@]3(C)C(=O)C2=CN1[C@@H](CC(=O)O)C(=O)O. The number of aliphatic carboxylic acids is 2. The van der Waals surface area contributed by atoms with Crippen LogP contribution < -0.4 is 0 Å². The molecule has 0 saturated carbocycles. The monoisotopic (exact) mass is 497 g/mol. The van der Waals surface area contributed by atoms with Gasteiger partial charge in [0.05, 0.1) is 6.42 Å². The van der Waals surface area contributed by atoms with E-state index in [-0.39, 0.29) is 28.9 Å². The molecule has 1 aliphatic carbocycles. The minimum absolute atomic E-state index is 0.0761. The molecule has 0 saturated heterocycles. The van der Waals surface area contributed by atoms with Crippen LogP contribution in [0, 0.1) is 0 Å². The lowest BCUT2D eigenvalue weighted by Gasteiger charge is -2.36. The Balaban J connectivity index is 2.04. The van der Waals surface area contributed by atoms with E-state index in [1.54, 1.807) is 31.2 Å². The highest BCUT2D eigenvalue weighted by molar-refractivity contribution is 6.25. The van der Waals surface area contributed by atoms with Crippen molar-refractivity contribution < 1.29 is 38.9 Å². The number of carbonyl (C=O) groups is 5. The summed E-state index contributed by atoms with van der Waals surface area (Å²) in [6.45, 7) is 5.23. The number of carbonyl (C=O) groups excluding carboxylic acids is 3. The van der Waals surface area contributed by atoms with Gasteiger partial charge in [0.15, 0.2) is 11.4 Å². The van der Waals surface area contributed by atoms with Gasteiger partial charge >= 0.3 is 17.9 Å². The van der Waals surface area contributed by atoms with Crippen molar-refractivity contribution in [1.82, 2.24) is 4.90 Å². The summed E-state index contributed by atoms with van der Waals surface area (Å²) in [7, 11) is 0. The first-order valence-electron chi connectivity index (χ1n) is 12.1. The summed E-state index contributed by atoms with van der Waals surface area (Å²) in [5.41, 5.74) is -0.816. The molecule has 2 N–H and O–H groups in total. The first-order valence-corrected chi connectivity index (χ1v) is 12.1. The predicted molar refractivity (Wildman–Crippen MR) is 129 cm³/mol. The van der Waals surface area contributed by atoms with E-state index in [1.165, 1.54) is 18.0 Å². The van der Waals surface area contributed by atoms with E-state index in [9.17, 15) is 34.2 Å². The molecular formula is C27H31NO8. The van der Waals surface area contributed by atoms with E-state index in [4.69, 9.17) is 4.74 Å². The molecule has 9 nitrogen and oxygen atoms in total. The van der Waals surface area contributed by atoms with Crippen LogP contribution in [0.1, 0.15) is 65.7 Å². The van der Waals surface area contributed by atoms with Gasteiger partial charge < -0.3 is 19.8 Å². The van der Waals surface area contributed by atoms with E-state index in [0.717, 1.165) is 25.7 Å². The van der Waals surface area contributed by atoms with E-state index in [2.05, 4.69) is 6.92 Å². The van der Waals surface area contributed by atoms with Crippen LogP contribution in [0.3, 0.4) is 0 Å². The van der Waals surface area contributed by atoms with Gasteiger partial charge in [-0.05, 0) is 44.1 Å². The average molecular weight is 498 g/mol. The fourth-order valence-corrected chi connectivity index (χ4v) is 4.66. The molecule has 0 fully saturated rings. The number of fused-ring (bicyclic) bond motifs is 2. The number of hydrogen-bond acceptors (Lipinski definition) is 7. The maximum absolute atomic E-state index is 13.6. The van der Waals surface area contributed by atoms with Gasteiger partial charge in [-0.3, -0.25) is 14.4 Å². The lowest BCUT2D eigenvalue weighted by atomic mass is 9.76. The molecule has 0 aromatic rings. The highest BCUT2D eigenvalue weighted by atomic mass is 16.6. The highest BCUT2D eigenvalue weighted by Crippen LogP contribution is 2.45. The molecule has 2 aliphatic heterocycles. The molecule has 192 valence electrons. The molecule has 3 rings (SSSR count). The van der Waals surface area contributed by atoms with Crippen molar-refractivity contribution in [3.8, 4) is 0 Å². The summed E-state index contributed by atoms with van der Waals surface area (Å²) < 4.78 is 5.44. The van der Waals surface area contributed by atoms with E-state index in [1.807, 2.05) is 0 Å². The maximum atomic E-state index is 13.6. The van der Waals surface area contributed by atoms with Gasteiger partial charge in [0.1, 0.15) is 11.6 Å². The smallest absolute Gasteiger partial charge is 0.343 e. The van der Waals surface area contributed by atoms with Gasteiger partial charge in [-0.25, -0.2) is 9.59 Å². The second-order valence-electron chi connectivity index (χ2n) is 9.20. The molecule has 2 heterocycles. The van der Waals surface area contributed by atoms with Crippen LogP contribution in [-0.4, -0.2) is 56.2 Å². The Bertz CT molecular complexity index is 1150. The minimum Gasteiger partial charge on any atom is -0.481 e. The Morgan fingerprint density at radius 3 is 2.42 bits per heavy atom. The molecule has 2 atom stereocenters. The van der Waals surface area contributed by atoms with Crippen LogP contribution >= 0.6 is 0 Å². The average Bonchev–Trinajstić information content (AvgIpc) is 3.07. The van der Waals surface area contributed by atoms with Crippen LogP contribution in [0.5, 0.6) is 0 Å². The van der Waals surface area contributed by atoms with Crippen molar-refractivity contribution in [2.45, 2.75) is 77.4 Å². The summed E-state index contributed by atoms with van der Waals surface area (Å²) in [5, 5.41) is 18.9. The third-order valence-electron chi connectivity index (χ3n) is 6.56. The summed E-state index contributed by atoms with van der Waals surface area (Å²) in [5.74, 6) is -4.49. The van der Waals surface area contributed by atoms with Gasteiger partial charge in [-0.2, -0.15) is 0 Å². The molecule has 0 amide bonds. The van der Waals surface area contributed by atoms with Crippen molar-refractivity contribution in [1.29, 1.82) is 0 Å². The summed E-state index contributed by atoms with van der Waals surface area (Å²) in [6.07, 6.45) is 11.8. The summed E-state index contributed by atoms with van der Waals surface area (Å²) in [6, 6.07) is -1.47. The van der Waals surface area contributed by atoms with Gasteiger partial charge in [0.25, 0.3) is 0 Å². The van der Waals surface area contributed by atoms with Gasteiger partial charge in [-0.1, -0.05) is 38.7 Å². The zero-order chi connectivity index (χ0) is 26.6. The Kier molecular flexibility index (Phi) is 8.12. The molecule has 0 spiro atoms. The molecule has 0 aromatic carbocycles. The van der Waals surface area contributed by atoms with E-state index < -0.39 is 41.8 Å². The van der Waals surface area contributed by atoms with E-state index in [0.29, 0.717) is 17.7 Å². The lowest BCUT2D eigenvalue weighted by molar-refractivity contribution is -0.153. The Morgan fingerprint density at radius 1 is 1.11 bits per heavy atom. The molecule has 0 aromatic heterocycles. The Morgan fingerprint density at radius 2 is 1.81 bits per heavy atom. The molecule has 0 unspecified atom stereocenters. The Hall–Kier alpha value is -3.75. The number of allylic oxidation sites excluding steroid dienone is 4. The summed E-state index contributed by atoms with van der Waals surface area (Å²) in [4.78, 5) is 63.7. The van der Waals surface area contributed by atoms with E-state index >= 15 is 0 Å². The first kappa shape index (κ1) is 26.8. The predicted octanol–water partition coefficient (Wildman–Crippen LogP) is 3.62. The topological polar surface area (TPSA) is 138 Å². The number of ether oxygens (including phenoxy) is 1. The minimum atomic E-state index is -1.72. The first-order chi connectivity index (χ1) is 17.0. The molecular weight excluding hydrogens is 466 g/mol. The Labute approximate surface area is 209 Å². The number of rotatable bonds is 12. The van der Waals surface area contributed by atoms with Crippen molar-refractivity contribution in [2.24, 2.45) is 0 Å². The fourth-order valence-electron chi connectivity index (χ4n) is 4.66. The van der Waals surface area contributed by atoms with Gasteiger partial charge in [0.2, 0.25) is 5.78 Å². The number of carboxylic acid groups (broad SMARTS) is 2. The maximum Gasteiger partial charge on any atom is 0.343 e. The number of nitrogens with zero attached hydrogens (tertiary/aromatic N) is 1. The number of unbranched alkanes of at least 4 members (excludes halogenated alkanes) is 4. The van der Waals surface area contributed by atoms with Crippen molar-refractivity contribution >= 4 is 29.5 Å². The van der Waals surface area contributed by atoms with Crippen molar-refractivity contribution in [2.75, 3.05) is 0 Å². The third kappa shape index (κ3) is 5.10. The molecule has 9 heteroatoms. The van der Waals surface area contributed by atoms with Crippen molar-refractivity contribution in [3.63, 3.8) is 0 Å². The quantitative estimate of drug-likeness (QED) is 0.235. The van der Waals surface area contributed by atoms with Crippen LogP contribution in [-0.2, 0) is 28.7 Å². The number of hydrogen-bond donors (Lipinski definition) is 2. The second kappa shape index (κ2) is 10.9. The largest absolute Gasteiger partial charge is 0.481 e. The third-order valence-corrected chi connectivity index (χ3v) is 6.56. The number of carboxylic acids is 2. The van der Waals surface area contributed by atoms with Crippen LogP contribution in [0.2, 0.25) is 0 Å². The van der Waals surface area contributed by atoms with Crippen LogP contribution in [0.15, 0.2) is 58.5 Å².